The fourth-order valence-corrected chi connectivity index (χ4v) is 2.26. The Kier molecular flexibility index (Phi) is 3.39. The molecular weight excluding hydrogens is 268 g/mol. The molecule has 3 heterocycles. The first-order chi connectivity index (χ1) is 10.1. The number of H-pyrrole nitrogens is 1. The number of hydrogen-bond acceptors (Lipinski definition) is 4. The van der Waals surface area contributed by atoms with E-state index in [1.807, 2.05) is 19.9 Å². The summed E-state index contributed by atoms with van der Waals surface area (Å²) in [5.41, 5.74) is 3.89. The van der Waals surface area contributed by atoms with Crippen molar-refractivity contribution in [1.29, 1.82) is 0 Å². The van der Waals surface area contributed by atoms with Crippen LogP contribution in [0.4, 0.5) is 0 Å². The SMILES string of the molecule is Cc1cc(C)n2ncc(C(=O)NCCc3cnc[nH]3)c2n1. The highest BCUT2D eigenvalue weighted by Crippen LogP contribution is 2.11. The Morgan fingerprint density at radius 2 is 2.24 bits per heavy atom. The summed E-state index contributed by atoms with van der Waals surface area (Å²) in [6, 6.07) is 1.93. The summed E-state index contributed by atoms with van der Waals surface area (Å²) in [5, 5.41) is 7.09. The molecule has 0 atom stereocenters. The Morgan fingerprint density at radius 3 is 3.00 bits per heavy atom. The minimum absolute atomic E-state index is 0.165. The number of fused-ring (bicyclic) bond motifs is 1. The molecule has 0 aromatic carbocycles. The molecule has 0 aliphatic rings. The molecule has 0 aliphatic heterocycles. The predicted molar refractivity (Wildman–Crippen MR) is 77.1 cm³/mol. The maximum atomic E-state index is 12.2. The second-order valence-corrected chi connectivity index (χ2v) is 4.92. The fourth-order valence-electron chi connectivity index (χ4n) is 2.26. The number of aromatic amines is 1. The zero-order valence-corrected chi connectivity index (χ0v) is 11.9. The topological polar surface area (TPSA) is 88.0 Å². The van der Waals surface area contributed by atoms with Gasteiger partial charge in [0.05, 0.1) is 12.5 Å². The number of nitrogens with zero attached hydrogens (tertiary/aromatic N) is 4. The summed E-state index contributed by atoms with van der Waals surface area (Å²) in [6.45, 7) is 4.37. The van der Waals surface area contributed by atoms with Gasteiger partial charge in [0, 0.05) is 36.2 Å². The van der Waals surface area contributed by atoms with Gasteiger partial charge < -0.3 is 10.3 Å². The first-order valence-electron chi connectivity index (χ1n) is 6.72. The molecule has 0 fully saturated rings. The van der Waals surface area contributed by atoms with Crippen molar-refractivity contribution >= 4 is 11.6 Å². The first-order valence-corrected chi connectivity index (χ1v) is 6.72. The van der Waals surface area contributed by atoms with Gasteiger partial charge in [-0.1, -0.05) is 0 Å². The van der Waals surface area contributed by atoms with E-state index in [-0.39, 0.29) is 5.91 Å². The molecule has 0 radical (unpaired) electrons. The molecule has 0 spiro atoms. The van der Waals surface area contributed by atoms with Crippen LogP contribution in [0.1, 0.15) is 27.4 Å². The van der Waals surface area contributed by atoms with E-state index in [0.717, 1.165) is 17.1 Å². The fraction of sp³-hybridized carbons (Fsp3) is 0.286. The van der Waals surface area contributed by atoms with Crippen molar-refractivity contribution in [2.24, 2.45) is 0 Å². The lowest BCUT2D eigenvalue weighted by Crippen LogP contribution is -2.25. The number of carbonyl (C=O) groups is 1. The van der Waals surface area contributed by atoms with Crippen LogP contribution in [0.15, 0.2) is 24.8 Å². The average molecular weight is 284 g/mol. The molecule has 0 bridgehead atoms. The lowest BCUT2D eigenvalue weighted by atomic mass is 10.2. The number of carbonyl (C=O) groups excluding carboxylic acids is 1. The molecule has 108 valence electrons. The third-order valence-electron chi connectivity index (χ3n) is 3.26. The van der Waals surface area contributed by atoms with Crippen molar-refractivity contribution in [3.05, 3.63) is 47.4 Å². The van der Waals surface area contributed by atoms with Gasteiger partial charge in [-0.05, 0) is 19.9 Å². The van der Waals surface area contributed by atoms with Crippen molar-refractivity contribution in [3.8, 4) is 0 Å². The van der Waals surface area contributed by atoms with Crippen LogP contribution in [0.2, 0.25) is 0 Å². The molecule has 7 heteroatoms. The summed E-state index contributed by atoms with van der Waals surface area (Å²) in [4.78, 5) is 23.6. The first kappa shape index (κ1) is 13.3. The van der Waals surface area contributed by atoms with Crippen LogP contribution in [0.5, 0.6) is 0 Å². The van der Waals surface area contributed by atoms with Crippen molar-refractivity contribution in [1.82, 2.24) is 29.9 Å². The van der Waals surface area contributed by atoms with Crippen molar-refractivity contribution < 1.29 is 4.79 Å². The molecule has 1 amide bonds. The van der Waals surface area contributed by atoms with Crippen LogP contribution in [0.25, 0.3) is 5.65 Å². The summed E-state index contributed by atoms with van der Waals surface area (Å²) in [5.74, 6) is -0.165. The highest BCUT2D eigenvalue weighted by atomic mass is 16.1. The zero-order valence-electron chi connectivity index (χ0n) is 11.9. The van der Waals surface area contributed by atoms with E-state index in [2.05, 4.69) is 25.4 Å². The lowest BCUT2D eigenvalue weighted by Gasteiger charge is -2.04. The number of aryl methyl sites for hydroxylation is 2. The summed E-state index contributed by atoms with van der Waals surface area (Å²) < 4.78 is 1.68. The number of nitrogens with one attached hydrogen (secondary N) is 2. The Labute approximate surface area is 121 Å². The average Bonchev–Trinajstić information content (AvgIpc) is 3.07. The van der Waals surface area contributed by atoms with Gasteiger partial charge in [-0.15, -0.1) is 0 Å². The van der Waals surface area contributed by atoms with E-state index in [4.69, 9.17) is 0 Å². The summed E-state index contributed by atoms with van der Waals surface area (Å²) in [6.07, 6.45) is 5.63. The van der Waals surface area contributed by atoms with Gasteiger partial charge in [0.15, 0.2) is 5.65 Å². The second kappa shape index (κ2) is 5.35. The number of rotatable bonds is 4. The molecule has 2 N–H and O–H groups in total. The third kappa shape index (κ3) is 2.62. The summed E-state index contributed by atoms with van der Waals surface area (Å²) >= 11 is 0. The maximum absolute atomic E-state index is 12.2. The highest BCUT2D eigenvalue weighted by molar-refractivity contribution is 5.99. The number of aromatic nitrogens is 5. The normalized spacial score (nSPS) is 11.0. The molecule has 3 aromatic heterocycles. The molecule has 3 rings (SSSR count). The minimum atomic E-state index is -0.165. The standard InChI is InChI=1S/C14H16N6O/c1-9-5-10(2)20-13(19-9)12(7-18-20)14(21)16-4-3-11-6-15-8-17-11/h5-8H,3-4H2,1-2H3,(H,15,17)(H,16,21). The van der Waals surface area contributed by atoms with E-state index >= 15 is 0 Å². The van der Waals surface area contributed by atoms with Gasteiger partial charge >= 0.3 is 0 Å². The molecule has 0 saturated carbocycles. The van der Waals surface area contributed by atoms with Gasteiger partial charge in [-0.3, -0.25) is 4.79 Å². The number of hydrogen-bond donors (Lipinski definition) is 2. The van der Waals surface area contributed by atoms with Gasteiger partial charge in [0.1, 0.15) is 5.56 Å². The largest absolute Gasteiger partial charge is 0.351 e. The maximum Gasteiger partial charge on any atom is 0.256 e. The Morgan fingerprint density at radius 1 is 1.38 bits per heavy atom. The quantitative estimate of drug-likeness (QED) is 0.749. The van der Waals surface area contributed by atoms with E-state index in [1.165, 1.54) is 0 Å². The molecule has 3 aromatic rings. The van der Waals surface area contributed by atoms with Crippen LogP contribution >= 0.6 is 0 Å². The van der Waals surface area contributed by atoms with Crippen molar-refractivity contribution in [2.45, 2.75) is 20.3 Å². The van der Waals surface area contributed by atoms with Gasteiger partial charge in [-0.2, -0.15) is 5.10 Å². The van der Waals surface area contributed by atoms with E-state index in [1.54, 1.807) is 23.2 Å². The third-order valence-corrected chi connectivity index (χ3v) is 3.26. The molecule has 0 aliphatic carbocycles. The lowest BCUT2D eigenvalue weighted by molar-refractivity contribution is 0.0955. The molecule has 7 nitrogen and oxygen atoms in total. The molecular formula is C14H16N6O. The van der Waals surface area contributed by atoms with Crippen molar-refractivity contribution in [2.75, 3.05) is 6.54 Å². The van der Waals surface area contributed by atoms with Gasteiger partial charge in [0.25, 0.3) is 5.91 Å². The highest BCUT2D eigenvalue weighted by Gasteiger charge is 2.15. The van der Waals surface area contributed by atoms with Crippen LogP contribution in [0.3, 0.4) is 0 Å². The molecule has 0 unspecified atom stereocenters. The van der Waals surface area contributed by atoms with E-state index < -0.39 is 0 Å². The van der Waals surface area contributed by atoms with Crippen molar-refractivity contribution in [3.63, 3.8) is 0 Å². The predicted octanol–water partition coefficient (Wildman–Crippen LogP) is 1.04. The Bertz CT molecular complexity index is 774. The Balaban J connectivity index is 1.75. The van der Waals surface area contributed by atoms with Gasteiger partial charge in [0.2, 0.25) is 0 Å². The van der Waals surface area contributed by atoms with Crippen LogP contribution in [-0.2, 0) is 6.42 Å². The van der Waals surface area contributed by atoms with Crippen LogP contribution in [0, 0.1) is 13.8 Å². The van der Waals surface area contributed by atoms with Crippen LogP contribution < -0.4 is 5.32 Å². The molecule has 0 saturated heterocycles. The zero-order chi connectivity index (χ0) is 14.8. The van der Waals surface area contributed by atoms with E-state index in [9.17, 15) is 4.79 Å². The van der Waals surface area contributed by atoms with Crippen LogP contribution in [-0.4, -0.2) is 37.0 Å². The number of amides is 1. The minimum Gasteiger partial charge on any atom is -0.351 e. The van der Waals surface area contributed by atoms with E-state index in [0.29, 0.717) is 24.2 Å². The Hall–Kier alpha value is -2.70. The summed E-state index contributed by atoms with van der Waals surface area (Å²) in [7, 11) is 0. The monoisotopic (exact) mass is 284 g/mol. The number of imidazole rings is 1. The smallest absolute Gasteiger partial charge is 0.256 e. The molecule has 21 heavy (non-hydrogen) atoms. The second-order valence-electron chi connectivity index (χ2n) is 4.92. The van der Waals surface area contributed by atoms with Gasteiger partial charge in [-0.25, -0.2) is 14.5 Å².